The number of anilines is 1. The number of amides is 1. The molecule has 7 nitrogen and oxygen atoms in total. The van der Waals surface area contributed by atoms with Gasteiger partial charge < -0.3 is 10.2 Å². The highest BCUT2D eigenvalue weighted by atomic mass is 16.1. The molecule has 1 amide bonds. The summed E-state index contributed by atoms with van der Waals surface area (Å²) in [4.78, 5) is 23.5. The third-order valence-corrected chi connectivity index (χ3v) is 6.22. The van der Waals surface area contributed by atoms with E-state index in [0.717, 1.165) is 42.3 Å². The topological polar surface area (TPSA) is 75.9 Å². The van der Waals surface area contributed by atoms with Gasteiger partial charge in [0.15, 0.2) is 5.65 Å². The number of fused-ring (bicyclic) bond motifs is 1. The van der Waals surface area contributed by atoms with Crippen LogP contribution >= 0.6 is 0 Å². The lowest BCUT2D eigenvalue weighted by atomic mass is 9.86. The number of hydrogen-bond donors (Lipinski definition) is 1. The maximum atomic E-state index is 12.2. The molecule has 1 aliphatic heterocycles. The fourth-order valence-corrected chi connectivity index (χ4v) is 4.60. The molecule has 7 heteroatoms. The van der Waals surface area contributed by atoms with Crippen molar-refractivity contribution < 1.29 is 4.79 Å². The van der Waals surface area contributed by atoms with Crippen LogP contribution in [0.15, 0.2) is 12.5 Å². The van der Waals surface area contributed by atoms with Crippen molar-refractivity contribution in [2.75, 3.05) is 24.5 Å². The summed E-state index contributed by atoms with van der Waals surface area (Å²) >= 11 is 0. The Hall–Kier alpha value is -2.18. The van der Waals surface area contributed by atoms with Crippen molar-refractivity contribution >= 4 is 22.8 Å². The lowest BCUT2D eigenvalue weighted by Gasteiger charge is -2.27. The van der Waals surface area contributed by atoms with Gasteiger partial charge in [0, 0.05) is 26.1 Å². The van der Waals surface area contributed by atoms with E-state index < -0.39 is 0 Å². The molecule has 28 heavy (non-hydrogen) atoms. The highest BCUT2D eigenvalue weighted by Crippen LogP contribution is 2.27. The molecule has 2 fully saturated rings. The van der Waals surface area contributed by atoms with Gasteiger partial charge in [-0.25, -0.2) is 14.6 Å². The van der Waals surface area contributed by atoms with Gasteiger partial charge in [-0.2, -0.15) is 5.10 Å². The standard InChI is InChI=1S/C21H32N6O/c28-19(10-9-17-7-3-1-4-8-17)22-11-14-27-21-18(15-25-27)20(23-16-24-21)26-12-5-2-6-13-26/h15-17H,1-14H2,(H,22,28). The van der Waals surface area contributed by atoms with Crippen LogP contribution in [0.25, 0.3) is 11.0 Å². The molecule has 2 aromatic rings. The van der Waals surface area contributed by atoms with E-state index in [4.69, 9.17) is 0 Å². The maximum Gasteiger partial charge on any atom is 0.220 e. The van der Waals surface area contributed by atoms with Crippen LogP contribution in [0, 0.1) is 5.92 Å². The molecule has 1 aliphatic carbocycles. The Morgan fingerprint density at radius 3 is 2.68 bits per heavy atom. The zero-order valence-corrected chi connectivity index (χ0v) is 16.8. The zero-order chi connectivity index (χ0) is 19.2. The Bertz CT molecular complexity index is 776. The first-order chi connectivity index (χ1) is 13.8. The van der Waals surface area contributed by atoms with Crippen molar-refractivity contribution in [1.82, 2.24) is 25.1 Å². The summed E-state index contributed by atoms with van der Waals surface area (Å²) in [5.41, 5.74) is 0.854. The molecule has 1 N–H and O–H groups in total. The van der Waals surface area contributed by atoms with Crippen LogP contribution in [0.1, 0.15) is 64.2 Å². The summed E-state index contributed by atoms with van der Waals surface area (Å²) in [6, 6.07) is 0. The molecule has 0 bridgehead atoms. The van der Waals surface area contributed by atoms with Crippen LogP contribution < -0.4 is 10.2 Å². The summed E-state index contributed by atoms with van der Waals surface area (Å²) < 4.78 is 1.88. The molecule has 0 spiro atoms. The van der Waals surface area contributed by atoms with Gasteiger partial charge in [-0.15, -0.1) is 0 Å². The second kappa shape index (κ2) is 9.34. The number of piperidine rings is 1. The van der Waals surface area contributed by atoms with Crippen LogP contribution in [0.5, 0.6) is 0 Å². The van der Waals surface area contributed by atoms with Gasteiger partial charge in [0.25, 0.3) is 0 Å². The number of nitrogens with zero attached hydrogens (tertiary/aromatic N) is 5. The summed E-state index contributed by atoms with van der Waals surface area (Å²) in [6.45, 7) is 3.32. The van der Waals surface area contributed by atoms with E-state index in [1.54, 1.807) is 6.33 Å². The van der Waals surface area contributed by atoms with E-state index in [0.29, 0.717) is 19.5 Å². The fourth-order valence-electron chi connectivity index (χ4n) is 4.60. The third-order valence-electron chi connectivity index (χ3n) is 6.22. The van der Waals surface area contributed by atoms with Crippen LogP contribution in [-0.4, -0.2) is 45.3 Å². The van der Waals surface area contributed by atoms with E-state index in [1.807, 2.05) is 10.9 Å². The number of carbonyl (C=O) groups excluding carboxylic acids is 1. The molecule has 4 rings (SSSR count). The zero-order valence-electron chi connectivity index (χ0n) is 16.8. The first-order valence-electron chi connectivity index (χ1n) is 11.0. The predicted octanol–water partition coefficient (Wildman–Crippen LogP) is 3.29. The van der Waals surface area contributed by atoms with Crippen molar-refractivity contribution in [1.29, 1.82) is 0 Å². The molecule has 2 aliphatic rings. The second-order valence-electron chi connectivity index (χ2n) is 8.24. The van der Waals surface area contributed by atoms with Gasteiger partial charge >= 0.3 is 0 Å². The van der Waals surface area contributed by atoms with Crippen molar-refractivity contribution in [3.05, 3.63) is 12.5 Å². The van der Waals surface area contributed by atoms with Gasteiger partial charge in [-0.3, -0.25) is 4.79 Å². The van der Waals surface area contributed by atoms with Gasteiger partial charge in [-0.1, -0.05) is 32.1 Å². The monoisotopic (exact) mass is 384 g/mol. The van der Waals surface area contributed by atoms with Crippen LogP contribution in [0.2, 0.25) is 0 Å². The Balaban J connectivity index is 1.29. The summed E-state index contributed by atoms with van der Waals surface area (Å²) in [7, 11) is 0. The Kier molecular flexibility index (Phi) is 6.39. The Morgan fingerprint density at radius 2 is 1.86 bits per heavy atom. The lowest BCUT2D eigenvalue weighted by molar-refractivity contribution is -0.121. The van der Waals surface area contributed by atoms with Crippen molar-refractivity contribution in [3.63, 3.8) is 0 Å². The number of nitrogens with one attached hydrogen (secondary N) is 1. The third kappa shape index (κ3) is 4.62. The van der Waals surface area contributed by atoms with Crippen LogP contribution in [0.4, 0.5) is 5.82 Å². The van der Waals surface area contributed by atoms with Gasteiger partial charge in [0.2, 0.25) is 5.91 Å². The molecule has 2 aromatic heterocycles. The maximum absolute atomic E-state index is 12.2. The summed E-state index contributed by atoms with van der Waals surface area (Å²) in [5.74, 6) is 1.90. The first kappa shape index (κ1) is 19.2. The highest BCUT2D eigenvalue weighted by Gasteiger charge is 2.18. The number of rotatable bonds is 7. The van der Waals surface area contributed by atoms with Crippen LogP contribution in [-0.2, 0) is 11.3 Å². The minimum Gasteiger partial charge on any atom is -0.356 e. The Labute approximate surface area is 166 Å². The second-order valence-corrected chi connectivity index (χ2v) is 8.24. The SMILES string of the molecule is O=C(CCC1CCCCC1)NCCn1ncc2c(N3CCCCC3)ncnc21. The molecule has 0 radical (unpaired) electrons. The molecule has 0 atom stereocenters. The van der Waals surface area contributed by atoms with Gasteiger partial charge in [0.1, 0.15) is 12.1 Å². The smallest absolute Gasteiger partial charge is 0.220 e. The van der Waals surface area contributed by atoms with Crippen molar-refractivity contribution in [3.8, 4) is 0 Å². The molecule has 0 aromatic carbocycles. The quantitative estimate of drug-likeness (QED) is 0.793. The first-order valence-corrected chi connectivity index (χ1v) is 11.0. The van der Waals surface area contributed by atoms with E-state index in [-0.39, 0.29) is 5.91 Å². The van der Waals surface area contributed by atoms with E-state index in [1.165, 1.54) is 51.4 Å². The predicted molar refractivity (Wildman–Crippen MR) is 110 cm³/mol. The van der Waals surface area contributed by atoms with E-state index in [9.17, 15) is 4.79 Å². The summed E-state index contributed by atoms with van der Waals surface area (Å²) in [5, 5.41) is 8.56. The average Bonchev–Trinajstić information content (AvgIpc) is 3.17. The molecule has 0 unspecified atom stereocenters. The number of hydrogen-bond acceptors (Lipinski definition) is 5. The fraction of sp³-hybridized carbons (Fsp3) is 0.714. The van der Waals surface area contributed by atoms with Crippen LogP contribution in [0.3, 0.4) is 0 Å². The molecule has 1 saturated carbocycles. The summed E-state index contributed by atoms with van der Waals surface area (Å²) in [6.07, 6.45) is 15.5. The van der Waals surface area contributed by atoms with Gasteiger partial charge in [-0.05, 0) is 31.6 Å². The largest absolute Gasteiger partial charge is 0.356 e. The highest BCUT2D eigenvalue weighted by molar-refractivity contribution is 5.86. The van der Waals surface area contributed by atoms with E-state index >= 15 is 0 Å². The molecular formula is C21H32N6O. The molecule has 3 heterocycles. The van der Waals surface area contributed by atoms with Gasteiger partial charge in [0.05, 0.1) is 18.1 Å². The van der Waals surface area contributed by atoms with E-state index in [2.05, 4.69) is 25.3 Å². The lowest BCUT2D eigenvalue weighted by Crippen LogP contribution is -2.30. The average molecular weight is 385 g/mol. The molecule has 152 valence electrons. The molecular weight excluding hydrogens is 352 g/mol. The minimum absolute atomic E-state index is 0.158. The normalized spacial score (nSPS) is 18.5. The van der Waals surface area contributed by atoms with Crippen molar-refractivity contribution in [2.45, 2.75) is 70.8 Å². The minimum atomic E-state index is 0.158. The van der Waals surface area contributed by atoms with Crippen molar-refractivity contribution in [2.24, 2.45) is 5.92 Å². The Morgan fingerprint density at radius 1 is 1.07 bits per heavy atom. The number of carbonyl (C=O) groups is 1. The number of aromatic nitrogens is 4. The molecule has 1 saturated heterocycles.